The number of guanidine groups is 1. The quantitative estimate of drug-likeness (QED) is 0.302. The molecule has 0 bridgehead atoms. The van der Waals surface area contributed by atoms with E-state index in [1.165, 1.54) is 13.2 Å². The van der Waals surface area contributed by atoms with Crippen LogP contribution in [0.1, 0.15) is 26.3 Å². The van der Waals surface area contributed by atoms with Crippen molar-refractivity contribution in [3.05, 3.63) is 29.6 Å². The molecule has 5 nitrogen and oxygen atoms in total. The molecule has 0 fully saturated rings. The summed E-state index contributed by atoms with van der Waals surface area (Å²) >= 11 is 0. The van der Waals surface area contributed by atoms with E-state index in [-0.39, 0.29) is 41.1 Å². The van der Waals surface area contributed by atoms with E-state index in [1.54, 1.807) is 13.1 Å². The second-order valence-electron chi connectivity index (χ2n) is 6.48. The molecule has 0 aliphatic rings. The summed E-state index contributed by atoms with van der Waals surface area (Å²) in [5.41, 5.74) is 0.958. The van der Waals surface area contributed by atoms with Crippen LogP contribution in [0.25, 0.3) is 0 Å². The first kappa shape index (κ1) is 22.9. The molecule has 7 heteroatoms. The molecule has 0 radical (unpaired) electrons. The molecule has 2 N–H and O–H groups in total. The van der Waals surface area contributed by atoms with Gasteiger partial charge < -0.3 is 20.3 Å². The Kier molecular flexibility index (Phi) is 10.2. The average molecular weight is 452 g/mol. The maximum atomic E-state index is 13.7. The van der Waals surface area contributed by atoms with Crippen molar-refractivity contribution < 1.29 is 9.13 Å². The minimum absolute atomic E-state index is 0. The third kappa shape index (κ3) is 8.14. The zero-order chi connectivity index (χ0) is 17.5. The Morgan fingerprint density at radius 2 is 1.96 bits per heavy atom. The van der Waals surface area contributed by atoms with E-state index < -0.39 is 0 Å². The first-order valence-electron chi connectivity index (χ1n) is 7.76. The molecule has 138 valence electrons. The lowest BCUT2D eigenvalue weighted by Gasteiger charge is -2.24. The first-order chi connectivity index (χ1) is 10.8. The van der Waals surface area contributed by atoms with Crippen molar-refractivity contribution >= 4 is 29.9 Å². The smallest absolute Gasteiger partial charge is 0.193 e. The lowest BCUT2D eigenvalue weighted by molar-refractivity contribution is 0.385. The van der Waals surface area contributed by atoms with Crippen LogP contribution in [-0.2, 0) is 6.54 Å². The van der Waals surface area contributed by atoms with E-state index in [0.29, 0.717) is 6.54 Å². The fourth-order valence-corrected chi connectivity index (χ4v) is 2.15. The molecule has 0 heterocycles. The monoisotopic (exact) mass is 452 g/mol. The summed E-state index contributed by atoms with van der Waals surface area (Å²) in [6.45, 7) is 8.57. The van der Waals surface area contributed by atoms with Crippen molar-refractivity contribution in [1.29, 1.82) is 0 Å². The van der Waals surface area contributed by atoms with Gasteiger partial charge in [-0.2, -0.15) is 0 Å². The van der Waals surface area contributed by atoms with Gasteiger partial charge in [0, 0.05) is 39.3 Å². The number of methoxy groups -OCH3 is 1. The summed E-state index contributed by atoms with van der Waals surface area (Å²) in [5.74, 6) is 0.680. The maximum Gasteiger partial charge on any atom is 0.193 e. The van der Waals surface area contributed by atoms with Crippen LogP contribution < -0.4 is 15.4 Å². The molecule has 0 spiro atoms. The van der Waals surface area contributed by atoms with Crippen molar-refractivity contribution in [3.63, 3.8) is 0 Å². The first-order valence-corrected chi connectivity index (χ1v) is 7.76. The highest BCUT2D eigenvalue weighted by Crippen LogP contribution is 2.18. The number of halogens is 2. The third-order valence-electron chi connectivity index (χ3n) is 3.27. The molecule has 0 saturated carbocycles. The Morgan fingerprint density at radius 3 is 2.46 bits per heavy atom. The van der Waals surface area contributed by atoms with Crippen LogP contribution in [0, 0.1) is 5.82 Å². The molecule has 0 saturated heterocycles. The zero-order valence-electron chi connectivity index (χ0n) is 15.4. The van der Waals surface area contributed by atoms with Gasteiger partial charge in [-0.25, -0.2) is 4.39 Å². The molecule has 0 aromatic heterocycles. The minimum Gasteiger partial charge on any atom is -0.494 e. The van der Waals surface area contributed by atoms with Gasteiger partial charge in [-0.3, -0.25) is 4.99 Å². The van der Waals surface area contributed by atoms with Crippen molar-refractivity contribution in [2.24, 2.45) is 4.99 Å². The molecule has 0 aliphatic carbocycles. The van der Waals surface area contributed by atoms with Gasteiger partial charge in [0.25, 0.3) is 0 Å². The topological polar surface area (TPSA) is 48.9 Å². The number of rotatable bonds is 6. The van der Waals surface area contributed by atoms with Gasteiger partial charge >= 0.3 is 0 Å². The van der Waals surface area contributed by atoms with Crippen molar-refractivity contribution in [2.45, 2.75) is 32.9 Å². The highest BCUT2D eigenvalue weighted by Gasteiger charge is 2.10. The van der Waals surface area contributed by atoms with Crippen LogP contribution in [0.4, 0.5) is 4.39 Å². The van der Waals surface area contributed by atoms with Crippen molar-refractivity contribution in [3.8, 4) is 5.75 Å². The summed E-state index contributed by atoms with van der Waals surface area (Å²) in [4.78, 5) is 6.22. The summed E-state index contributed by atoms with van der Waals surface area (Å²) < 4.78 is 18.7. The van der Waals surface area contributed by atoms with E-state index >= 15 is 0 Å². The number of nitrogens with one attached hydrogen (secondary N) is 2. The lowest BCUT2D eigenvalue weighted by atomic mass is 10.1. The minimum atomic E-state index is -0.351. The average Bonchev–Trinajstić information content (AvgIpc) is 2.46. The van der Waals surface area contributed by atoms with Gasteiger partial charge in [0.05, 0.1) is 7.11 Å². The summed E-state index contributed by atoms with van der Waals surface area (Å²) in [6.07, 6.45) is 0. The van der Waals surface area contributed by atoms with Gasteiger partial charge in [-0.05, 0) is 38.5 Å². The van der Waals surface area contributed by atoms with Crippen LogP contribution in [0.3, 0.4) is 0 Å². The van der Waals surface area contributed by atoms with Gasteiger partial charge in [-0.1, -0.05) is 6.07 Å². The Labute approximate surface area is 162 Å². The molecule has 1 rings (SSSR count). The normalized spacial score (nSPS) is 11.7. The van der Waals surface area contributed by atoms with Crippen LogP contribution in [-0.4, -0.2) is 50.7 Å². The van der Waals surface area contributed by atoms with Crippen LogP contribution in [0.15, 0.2) is 23.2 Å². The Bertz CT molecular complexity index is 532. The molecule has 24 heavy (non-hydrogen) atoms. The lowest BCUT2D eigenvalue weighted by Crippen LogP contribution is -2.44. The van der Waals surface area contributed by atoms with Gasteiger partial charge in [0.15, 0.2) is 17.5 Å². The van der Waals surface area contributed by atoms with Crippen LogP contribution in [0.5, 0.6) is 5.75 Å². The molecule has 0 aliphatic heterocycles. The summed E-state index contributed by atoms with van der Waals surface area (Å²) in [7, 11) is 5.13. The molecule has 0 amide bonds. The van der Waals surface area contributed by atoms with Gasteiger partial charge in [-0.15, -0.1) is 24.0 Å². The number of ether oxygens (including phenoxy) is 1. The predicted molar refractivity (Wildman–Crippen MR) is 109 cm³/mol. The van der Waals surface area contributed by atoms with Gasteiger partial charge in [0.2, 0.25) is 0 Å². The zero-order valence-corrected chi connectivity index (χ0v) is 17.8. The Hall–Kier alpha value is -1.09. The number of benzene rings is 1. The molecular weight excluding hydrogens is 422 g/mol. The van der Waals surface area contributed by atoms with Crippen LogP contribution >= 0.6 is 24.0 Å². The molecule has 0 atom stereocenters. The Morgan fingerprint density at radius 1 is 1.29 bits per heavy atom. The number of nitrogens with zero attached hydrogens (tertiary/aromatic N) is 2. The maximum absolute atomic E-state index is 13.7. The fraction of sp³-hybridized carbons (Fsp3) is 0.588. The SMILES string of the molecule is CN=C(NCCNC(C)(C)C)N(C)Cc1ccc(OC)c(F)c1.I. The standard InChI is InChI=1S/C17H29FN4O.HI/c1-17(2,3)21-10-9-20-16(19-4)22(5)12-13-7-8-15(23-6)14(18)11-13;/h7-8,11,21H,9-10,12H2,1-6H3,(H,19,20);1H. The highest BCUT2D eigenvalue weighted by molar-refractivity contribution is 14.0. The number of aliphatic imine (C=N–C) groups is 1. The van der Waals surface area contributed by atoms with E-state index in [9.17, 15) is 4.39 Å². The van der Waals surface area contributed by atoms with Gasteiger partial charge in [0.1, 0.15) is 0 Å². The Balaban J connectivity index is 0.00000529. The second kappa shape index (κ2) is 10.7. The number of hydrogen-bond donors (Lipinski definition) is 2. The largest absolute Gasteiger partial charge is 0.494 e. The molecule has 1 aromatic carbocycles. The fourth-order valence-electron chi connectivity index (χ4n) is 2.15. The summed E-state index contributed by atoms with van der Waals surface area (Å²) in [6, 6.07) is 4.98. The van der Waals surface area contributed by atoms with E-state index in [0.717, 1.165) is 24.6 Å². The van der Waals surface area contributed by atoms with E-state index in [4.69, 9.17) is 4.74 Å². The molecule has 0 unspecified atom stereocenters. The van der Waals surface area contributed by atoms with E-state index in [2.05, 4.69) is 36.4 Å². The molecular formula is C17H30FIN4O. The predicted octanol–water partition coefficient (Wildman–Crippen LogP) is 2.85. The third-order valence-corrected chi connectivity index (χ3v) is 3.27. The van der Waals surface area contributed by atoms with E-state index in [1.807, 2.05) is 18.0 Å². The van der Waals surface area contributed by atoms with Crippen molar-refractivity contribution in [1.82, 2.24) is 15.5 Å². The molecule has 1 aromatic rings. The van der Waals surface area contributed by atoms with Crippen molar-refractivity contribution in [2.75, 3.05) is 34.3 Å². The second-order valence-corrected chi connectivity index (χ2v) is 6.48. The summed E-state index contributed by atoms with van der Waals surface area (Å²) in [5, 5.41) is 6.70. The number of hydrogen-bond acceptors (Lipinski definition) is 3. The van der Waals surface area contributed by atoms with Crippen LogP contribution in [0.2, 0.25) is 0 Å². The highest BCUT2D eigenvalue weighted by atomic mass is 127.